The second kappa shape index (κ2) is 6.40. The summed E-state index contributed by atoms with van der Waals surface area (Å²) in [4.78, 5) is 12.6. The van der Waals surface area contributed by atoms with E-state index in [0.717, 1.165) is 17.7 Å². The van der Waals surface area contributed by atoms with Crippen LogP contribution in [0.2, 0.25) is 0 Å². The number of aryl methyl sites for hydroxylation is 1. The first-order chi connectivity index (χ1) is 11.7. The van der Waals surface area contributed by atoms with Crippen LogP contribution in [0.25, 0.3) is 5.69 Å². The molecule has 3 atom stereocenters. The van der Waals surface area contributed by atoms with Crippen LogP contribution in [0.5, 0.6) is 0 Å². The normalized spacial score (nSPS) is 26.1. The van der Waals surface area contributed by atoms with E-state index >= 15 is 0 Å². The van der Waals surface area contributed by atoms with Gasteiger partial charge in [-0.1, -0.05) is 31.0 Å². The van der Waals surface area contributed by atoms with Gasteiger partial charge in [-0.15, -0.1) is 5.10 Å². The number of hydrogen-bond donors (Lipinski definition) is 2. The van der Waals surface area contributed by atoms with Crippen LogP contribution >= 0.6 is 0 Å². The van der Waals surface area contributed by atoms with Crippen molar-refractivity contribution in [1.29, 1.82) is 0 Å². The smallest absolute Gasteiger partial charge is 0.242 e. The van der Waals surface area contributed by atoms with Crippen LogP contribution in [0.15, 0.2) is 36.5 Å². The van der Waals surface area contributed by atoms with Crippen molar-refractivity contribution < 1.29 is 4.79 Å². The summed E-state index contributed by atoms with van der Waals surface area (Å²) in [5.74, 6) is 1.36. The number of aromatic nitrogens is 2. The Balaban J connectivity index is 1.46. The van der Waals surface area contributed by atoms with Crippen LogP contribution in [0.1, 0.15) is 37.7 Å². The zero-order chi connectivity index (χ0) is 16.5. The maximum atomic E-state index is 12.6. The predicted molar refractivity (Wildman–Crippen MR) is 94.2 cm³/mol. The van der Waals surface area contributed by atoms with E-state index in [1.54, 1.807) is 0 Å². The third-order valence-electron chi connectivity index (χ3n) is 5.34. The number of fused-ring (bicyclic) bond motifs is 1. The molecular formula is C19H24N4O. The van der Waals surface area contributed by atoms with E-state index in [2.05, 4.69) is 15.7 Å². The van der Waals surface area contributed by atoms with E-state index in [1.807, 2.05) is 48.1 Å². The van der Waals surface area contributed by atoms with Gasteiger partial charge in [-0.2, -0.15) is 0 Å². The van der Waals surface area contributed by atoms with Crippen molar-refractivity contribution in [2.24, 2.45) is 5.92 Å². The predicted octanol–water partition coefficient (Wildman–Crippen LogP) is 3.04. The monoisotopic (exact) mass is 324 g/mol. The number of para-hydroxylation sites is 1. The van der Waals surface area contributed by atoms with E-state index in [9.17, 15) is 4.79 Å². The molecule has 1 saturated heterocycles. The Bertz CT molecular complexity index is 710. The molecule has 24 heavy (non-hydrogen) atoms. The van der Waals surface area contributed by atoms with Gasteiger partial charge in [-0.3, -0.25) is 4.79 Å². The molecule has 1 aromatic carbocycles. The summed E-state index contributed by atoms with van der Waals surface area (Å²) in [6.07, 6.45) is 7.95. The van der Waals surface area contributed by atoms with Crippen LogP contribution in [-0.2, 0) is 4.79 Å². The lowest BCUT2D eigenvalue weighted by Gasteiger charge is -2.24. The van der Waals surface area contributed by atoms with E-state index in [4.69, 9.17) is 0 Å². The number of carbonyl (C=O) groups is 1. The molecular weight excluding hydrogens is 300 g/mol. The lowest BCUT2D eigenvalue weighted by atomic mass is 9.85. The highest BCUT2D eigenvalue weighted by Crippen LogP contribution is 2.33. The Labute approximate surface area is 142 Å². The summed E-state index contributed by atoms with van der Waals surface area (Å²) in [6, 6.07) is 10.4. The maximum absolute atomic E-state index is 12.6. The first-order valence-corrected chi connectivity index (χ1v) is 8.89. The molecule has 5 heteroatoms. The van der Waals surface area contributed by atoms with Crippen LogP contribution in [0.4, 0.5) is 5.82 Å². The SMILES string of the molecule is Cc1cn(-c2ccccc2)nc1NC(=O)C1CC2CCCCC2N1. The van der Waals surface area contributed by atoms with Gasteiger partial charge in [-0.05, 0) is 44.2 Å². The van der Waals surface area contributed by atoms with Gasteiger partial charge in [0.05, 0.1) is 11.7 Å². The Morgan fingerprint density at radius 3 is 2.83 bits per heavy atom. The fraction of sp³-hybridized carbons (Fsp3) is 0.474. The highest BCUT2D eigenvalue weighted by Gasteiger charge is 2.38. The number of rotatable bonds is 3. The van der Waals surface area contributed by atoms with E-state index < -0.39 is 0 Å². The van der Waals surface area contributed by atoms with Crippen molar-refractivity contribution in [2.75, 3.05) is 5.32 Å². The molecule has 4 rings (SSSR count). The molecule has 2 fully saturated rings. The molecule has 5 nitrogen and oxygen atoms in total. The Morgan fingerprint density at radius 2 is 2.04 bits per heavy atom. The summed E-state index contributed by atoms with van der Waals surface area (Å²) >= 11 is 0. The summed E-state index contributed by atoms with van der Waals surface area (Å²) < 4.78 is 1.81. The largest absolute Gasteiger partial charge is 0.308 e. The number of nitrogens with one attached hydrogen (secondary N) is 2. The summed E-state index contributed by atoms with van der Waals surface area (Å²) in [7, 11) is 0. The van der Waals surface area contributed by atoms with E-state index in [1.165, 1.54) is 25.7 Å². The Morgan fingerprint density at radius 1 is 1.25 bits per heavy atom. The van der Waals surface area contributed by atoms with Gasteiger partial charge >= 0.3 is 0 Å². The van der Waals surface area contributed by atoms with Gasteiger partial charge in [0.1, 0.15) is 0 Å². The second-order valence-electron chi connectivity index (χ2n) is 7.04. The van der Waals surface area contributed by atoms with Crippen LogP contribution in [0.3, 0.4) is 0 Å². The molecule has 126 valence electrons. The van der Waals surface area contributed by atoms with Gasteiger partial charge in [0.15, 0.2) is 5.82 Å². The molecule has 2 heterocycles. The van der Waals surface area contributed by atoms with Crippen molar-refractivity contribution in [2.45, 2.75) is 51.1 Å². The molecule has 2 aliphatic rings. The van der Waals surface area contributed by atoms with Crippen LogP contribution in [-0.4, -0.2) is 27.8 Å². The molecule has 1 aromatic heterocycles. The number of carbonyl (C=O) groups excluding carboxylic acids is 1. The third kappa shape index (κ3) is 2.96. The minimum atomic E-state index is -0.0839. The third-order valence-corrected chi connectivity index (χ3v) is 5.34. The van der Waals surface area contributed by atoms with Gasteiger partial charge < -0.3 is 10.6 Å². The van der Waals surface area contributed by atoms with Crippen molar-refractivity contribution in [3.63, 3.8) is 0 Å². The number of benzene rings is 1. The number of anilines is 1. The van der Waals surface area contributed by atoms with Gasteiger partial charge in [0.25, 0.3) is 0 Å². The molecule has 0 bridgehead atoms. The fourth-order valence-corrected chi connectivity index (χ4v) is 4.02. The molecule has 0 radical (unpaired) electrons. The van der Waals surface area contributed by atoms with Crippen molar-refractivity contribution in [3.05, 3.63) is 42.1 Å². The molecule has 1 amide bonds. The fourth-order valence-electron chi connectivity index (χ4n) is 4.02. The quantitative estimate of drug-likeness (QED) is 0.912. The molecule has 3 unspecified atom stereocenters. The zero-order valence-corrected chi connectivity index (χ0v) is 14.0. The molecule has 1 saturated carbocycles. The summed E-state index contributed by atoms with van der Waals surface area (Å²) in [5, 5.41) is 11.1. The van der Waals surface area contributed by atoms with Gasteiger partial charge in [0.2, 0.25) is 5.91 Å². The Kier molecular flexibility index (Phi) is 4.10. The lowest BCUT2D eigenvalue weighted by Crippen LogP contribution is -2.40. The standard InChI is InChI=1S/C19H24N4O/c1-13-12-23(15-8-3-2-4-9-15)22-18(13)21-19(24)17-11-14-7-5-6-10-16(14)20-17/h2-4,8-9,12,14,16-17,20H,5-7,10-11H2,1H3,(H,21,22,24). The average molecular weight is 324 g/mol. The highest BCUT2D eigenvalue weighted by molar-refractivity contribution is 5.94. The van der Waals surface area contributed by atoms with E-state index in [0.29, 0.717) is 17.8 Å². The second-order valence-corrected chi connectivity index (χ2v) is 7.04. The molecule has 2 aromatic rings. The summed E-state index contributed by atoms with van der Waals surface area (Å²) in [5.41, 5.74) is 1.97. The minimum absolute atomic E-state index is 0.0470. The topological polar surface area (TPSA) is 59.0 Å². The molecule has 1 aliphatic heterocycles. The number of amides is 1. The van der Waals surface area contributed by atoms with E-state index in [-0.39, 0.29) is 11.9 Å². The lowest BCUT2D eigenvalue weighted by molar-refractivity contribution is -0.117. The maximum Gasteiger partial charge on any atom is 0.242 e. The van der Waals surface area contributed by atoms with Gasteiger partial charge in [0, 0.05) is 17.8 Å². The average Bonchev–Trinajstić information content (AvgIpc) is 3.20. The van der Waals surface area contributed by atoms with Crippen molar-refractivity contribution in [3.8, 4) is 5.69 Å². The molecule has 1 aliphatic carbocycles. The first-order valence-electron chi connectivity index (χ1n) is 8.89. The number of nitrogens with zero attached hydrogens (tertiary/aromatic N) is 2. The summed E-state index contributed by atoms with van der Waals surface area (Å²) in [6.45, 7) is 1.98. The number of hydrogen-bond acceptors (Lipinski definition) is 3. The molecule has 2 N–H and O–H groups in total. The molecule has 0 spiro atoms. The van der Waals surface area contributed by atoms with Crippen LogP contribution < -0.4 is 10.6 Å². The van der Waals surface area contributed by atoms with Crippen molar-refractivity contribution in [1.82, 2.24) is 15.1 Å². The minimum Gasteiger partial charge on any atom is -0.308 e. The van der Waals surface area contributed by atoms with Crippen LogP contribution in [0, 0.1) is 12.8 Å². The van der Waals surface area contributed by atoms with Crippen molar-refractivity contribution >= 4 is 11.7 Å². The zero-order valence-electron chi connectivity index (χ0n) is 14.0. The van der Waals surface area contributed by atoms with Gasteiger partial charge in [-0.25, -0.2) is 4.68 Å². The first kappa shape index (κ1) is 15.4. The Hall–Kier alpha value is -2.14. The highest BCUT2D eigenvalue weighted by atomic mass is 16.2.